The Morgan fingerprint density at radius 1 is 1.33 bits per heavy atom. The third kappa shape index (κ3) is 2.54. The van der Waals surface area contributed by atoms with Gasteiger partial charge < -0.3 is 5.11 Å². The van der Waals surface area contributed by atoms with Crippen molar-refractivity contribution in [1.29, 1.82) is 0 Å². The van der Waals surface area contributed by atoms with E-state index in [9.17, 15) is 14.7 Å². The van der Waals surface area contributed by atoms with Crippen molar-refractivity contribution in [3.8, 4) is 0 Å². The number of aliphatic imine (C=N–C) groups is 1. The van der Waals surface area contributed by atoms with E-state index in [2.05, 4.69) is 9.98 Å². The van der Waals surface area contributed by atoms with E-state index in [0.717, 1.165) is 5.39 Å². The maximum Gasteiger partial charge on any atom is 0.338 e. The first-order valence-electron chi connectivity index (χ1n) is 7.96. The summed E-state index contributed by atoms with van der Waals surface area (Å²) in [4.78, 5) is 34.8. The number of benzene rings is 1. The summed E-state index contributed by atoms with van der Waals surface area (Å²) in [7, 11) is 0. The number of hydrogen-bond acceptors (Lipinski definition) is 4. The molecule has 1 N–H and O–H groups in total. The van der Waals surface area contributed by atoms with E-state index in [1.54, 1.807) is 6.07 Å². The number of amidine groups is 1. The fraction of sp³-hybridized carbons (Fsp3) is 0.333. The number of likely N-dealkylation sites (N-methyl/N-ethyl adjacent to an activating group) is 1. The molecule has 2 heterocycles. The van der Waals surface area contributed by atoms with Crippen molar-refractivity contribution < 1.29 is 14.7 Å². The Morgan fingerprint density at radius 2 is 2.04 bits per heavy atom. The second-order valence-corrected chi connectivity index (χ2v) is 6.11. The highest BCUT2D eigenvalue weighted by atomic mass is 16.4. The number of aromatic nitrogens is 1. The van der Waals surface area contributed by atoms with Crippen molar-refractivity contribution in [2.75, 3.05) is 6.54 Å². The quantitative estimate of drug-likeness (QED) is 0.936. The Balaban J connectivity index is 2.23. The number of carboxylic acid groups (broad SMARTS) is 1. The molecule has 124 valence electrons. The number of hydrogen-bond donors (Lipinski definition) is 1. The van der Waals surface area contributed by atoms with Gasteiger partial charge in [-0.15, -0.1) is 0 Å². The fourth-order valence-electron chi connectivity index (χ4n) is 2.90. The first kappa shape index (κ1) is 16.1. The van der Waals surface area contributed by atoms with Gasteiger partial charge in [0, 0.05) is 11.9 Å². The van der Waals surface area contributed by atoms with Crippen LogP contribution in [0.25, 0.3) is 10.9 Å². The first-order valence-corrected chi connectivity index (χ1v) is 7.96. The number of nitrogens with zero attached hydrogens (tertiary/aromatic N) is 3. The van der Waals surface area contributed by atoms with Crippen LogP contribution in [0.15, 0.2) is 35.3 Å². The standard InChI is InChI=1S/C18H19N3O3/c1-4-21-16(20-14(10(2)3)17(21)22)15-12(18(23)24)9-11-7-5-6-8-13(11)19-15/h5-10,14H,4H2,1-3H3,(H,23,24)/t14-/m1/s1. The fourth-order valence-corrected chi connectivity index (χ4v) is 2.90. The Kier molecular flexibility index (Phi) is 4.05. The number of amides is 1. The van der Waals surface area contributed by atoms with Gasteiger partial charge >= 0.3 is 5.97 Å². The van der Waals surface area contributed by atoms with E-state index in [1.165, 1.54) is 4.90 Å². The van der Waals surface area contributed by atoms with Crippen LogP contribution in [0.4, 0.5) is 0 Å². The summed E-state index contributed by atoms with van der Waals surface area (Å²) in [5.41, 5.74) is 0.986. The molecule has 0 bridgehead atoms. The number of carbonyl (C=O) groups excluding carboxylic acids is 1. The number of carboxylic acids is 1. The van der Waals surface area contributed by atoms with Crippen LogP contribution >= 0.6 is 0 Å². The number of para-hydroxylation sites is 1. The van der Waals surface area contributed by atoms with E-state index in [-0.39, 0.29) is 23.1 Å². The van der Waals surface area contributed by atoms with Gasteiger partial charge in [-0.05, 0) is 25.0 Å². The summed E-state index contributed by atoms with van der Waals surface area (Å²) in [6, 6.07) is 8.40. The highest BCUT2D eigenvalue weighted by Crippen LogP contribution is 2.25. The highest BCUT2D eigenvalue weighted by molar-refractivity contribution is 6.17. The van der Waals surface area contributed by atoms with Crippen LogP contribution in [0.2, 0.25) is 0 Å². The van der Waals surface area contributed by atoms with Gasteiger partial charge in [0.05, 0.1) is 11.1 Å². The van der Waals surface area contributed by atoms with E-state index in [1.807, 2.05) is 45.0 Å². The third-order valence-corrected chi connectivity index (χ3v) is 4.15. The van der Waals surface area contributed by atoms with E-state index >= 15 is 0 Å². The van der Waals surface area contributed by atoms with Gasteiger partial charge in [-0.3, -0.25) is 14.7 Å². The Hall–Kier alpha value is -2.76. The van der Waals surface area contributed by atoms with Crippen LogP contribution < -0.4 is 0 Å². The van der Waals surface area contributed by atoms with E-state index < -0.39 is 12.0 Å². The van der Waals surface area contributed by atoms with Crippen molar-refractivity contribution in [3.63, 3.8) is 0 Å². The minimum Gasteiger partial charge on any atom is -0.478 e. The predicted octanol–water partition coefficient (Wildman–Crippen LogP) is 2.57. The lowest BCUT2D eigenvalue weighted by atomic mass is 10.1. The molecule has 1 atom stereocenters. The topological polar surface area (TPSA) is 82.9 Å². The lowest BCUT2D eigenvalue weighted by Crippen LogP contribution is -2.37. The molecule has 6 nitrogen and oxygen atoms in total. The SMILES string of the molecule is CCN1C(=O)[C@@H](C(C)C)N=C1c1nc2ccccc2cc1C(=O)O. The minimum atomic E-state index is -1.08. The third-order valence-electron chi connectivity index (χ3n) is 4.15. The van der Waals surface area contributed by atoms with E-state index in [0.29, 0.717) is 17.9 Å². The largest absolute Gasteiger partial charge is 0.478 e. The molecule has 1 aliphatic heterocycles. The lowest BCUT2D eigenvalue weighted by molar-refractivity contribution is -0.128. The normalized spacial score (nSPS) is 17.7. The van der Waals surface area contributed by atoms with Gasteiger partial charge in [0.1, 0.15) is 11.7 Å². The van der Waals surface area contributed by atoms with Crippen molar-refractivity contribution in [3.05, 3.63) is 41.6 Å². The highest BCUT2D eigenvalue weighted by Gasteiger charge is 2.38. The van der Waals surface area contributed by atoms with Crippen LogP contribution in [-0.2, 0) is 4.79 Å². The van der Waals surface area contributed by atoms with Crippen molar-refractivity contribution in [1.82, 2.24) is 9.88 Å². The Morgan fingerprint density at radius 3 is 2.67 bits per heavy atom. The maximum absolute atomic E-state index is 12.5. The van der Waals surface area contributed by atoms with Crippen LogP contribution in [0.1, 0.15) is 36.8 Å². The van der Waals surface area contributed by atoms with Crippen molar-refractivity contribution >= 4 is 28.6 Å². The molecular formula is C18H19N3O3. The van der Waals surface area contributed by atoms with E-state index in [4.69, 9.17) is 0 Å². The van der Waals surface area contributed by atoms with Crippen LogP contribution in [-0.4, -0.2) is 45.3 Å². The minimum absolute atomic E-state index is 0.0396. The second kappa shape index (κ2) is 6.03. The van der Waals surface area contributed by atoms with Crippen LogP contribution in [0, 0.1) is 5.92 Å². The predicted molar refractivity (Wildman–Crippen MR) is 91.3 cm³/mol. The van der Waals surface area contributed by atoms with Crippen LogP contribution in [0.5, 0.6) is 0 Å². The average molecular weight is 325 g/mol. The molecule has 0 saturated carbocycles. The average Bonchev–Trinajstić information content (AvgIpc) is 2.90. The molecule has 3 rings (SSSR count). The zero-order valence-corrected chi connectivity index (χ0v) is 13.9. The summed E-state index contributed by atoms with van der Waals surface area (Å²) >= 11 is 0. The molecule has 0 spiro atoms. The zero-order valence-electron chi connectivity index (χ0n) is 13.9. The molecule has 1 amide bonds. The molecular weight excluding hydrogens is 306 g/mol. The number of aromatic carboxylic acids is 1. The summed E-state index contributed by atoms with van der Waals surface area (Å²) < 4.78 is 0. The molecule has 0 saturated heterocycles. The van der Waals surface area contributed by atoms with Gasteiger partial charge in [-0.25, -0.2) is 9.78 Å². The molecule has 0 unspecified atom stereocenters. The number of rotatable bonds is 4. The number of carbonyl (C=O) groups is 2. The van der Waals surface area contributed by atoms with Gasteiger partial charge in [-0.1, -0.05) is 32.0 Å². The summed E-state index contributed by atoms with van der Waals surface area (Å²) in [5, 5.41) is 10.3. The van der Waals surface area contributed by atoms with Gasteiger partial charge in [0.15, 0.2) is 5.84 Å². The second-order valence-electron chi connectivity index (χ2n) is 6.11. The molecule has 2 aromatic rings. The molecule has 1 aromatic carbocycles. The number of pyridine rings is 1. The Labute approximate surface area is 139 Å². The Bertz CT molecular complexity index is 858. The molecule has 6 heteroatoms. The number of fused-ring (bicyclic) bond motifs is 1. The first-order chi connectivity index (χ1) is 11.4. The zero-order chi connectivity index (χ0) is 17.4. The monoisotopic (exact) mass is 325 g/mol. The molecule has 0 fully saturated rings. The molecule has 1 aliphatic rings. The van der Waals surface area contributed by atoms with Crippen LogP contribution in [0.3, 0.4) is 0 Å². The van der Waals surface area contributed by atoms with Gasteiger partial charge in [0.25, 0.3) is 5.91 Å². The molecule has 0 radical (unpaired) electrons. The molecule has 1 aromatic heterocycles. The summed E-state index contributed by atoms with van der Waals surface area (Å²) in [5.74, 6) is -0.793. The molecule has 0 aliphatic carbocycles. The molecule has 24 heavy (non-hydrogen) atoms. The summed E-state index contributed by atoms with van der Waals surface area (Å²) in [6.45, 7) is 6.12. The van der Waals surface area contributed by atoms with Gasteiger partial charge in [-0.2, -0.15) is 0 Å². The maximum atomic E-state index is 12.5. The van der Waals surface area contributed by atoms with Crippen molar-refractivity contribution in [2.45, 2.75) is 26.8 Å². The lowest BCUT2D eigenvalue weighted by Gasteiger charge is -2.18. The van der Waals surface area contributed by atoms with Gasteiger partial charge in [0.2, 0.25) is 0 Å². The smallest absolute Gasteiger partial charge is 0.338 e. The summed E-state index contributed by atoms with van der Waals surface area (Å²) in [6.07, 6.45) is 0. The van der Waals surface area contributed by atoms with Crippen molar-refractivity contribution in [2.24, 2.45) is 10.9 Å².